The maximum atomic E-state index is 10.9. The molecule has 0 radical (unpaired) electrons. The molecule has 166 valence electrons. The van der Waals surface area contributed by atoms with E-state index in [0.717, 1.165) is 55.2 Å². The molecule has 3 aromatic rings. The van der Waals surface area contributed by atoms with Crippen LogP contribution in [0.1, 0.15) is 5.56 Å². The SMILES string of the molecule is CSc1ccc(-c2ccc(OCC(=O)O)cc2CN2CCN(c3ccccn3)CC2)cc1. The molecular formula is C25H27N3O3S. The van der Waals surface area contributed by atoms with Crippen LogP contribution >= 0.6 is 11.8 Å². The number of aromatic nitrogens is 1. The van der Waals surface area contributed by atoms with Gasteiger partial charge in [-0.1, -0.05) is 24.3 Å². The molecule has 1 N–H and O–H groups in total. The Bertz CT molecular complexity index is 1040. The third kappa shape index (κ3) is 5.60. The first-order valence-corrected chi connectivity index (χ1v) is 11.8. The molecule has 0 spiro atoms. The maximum absolute atomic E-state index is 10.9. The van der Waals surface area contributed by atoms with Crippen LogP contribution in [0.25, 0.3) is 11.1 Å². The fourth-order valence-electron chi connectivity index (χ4n) is 3.90. The second-order valence-electron chi connectivity index (χ2n) is 7.68. The van der Waals surface area contributed by atoms with Gasteiger partial charge >= 0.3 is 5.97 Å². The number of rotatable bonds is 8. The average molecular weight is 450 g/mol. The van der Waals surface area contributed by atoms with Crippen LogP contribution < -0.4 is 9.64 Å². The summed E-state index contributed by atoms with van der Waals surface area (Å²) in [6, 6.07) is 20.4. The first-order valence-electron chi connectivity index (χ1n) is 10.6. The Balaban J connectivity index is 1.52. The molecule has 2 aromatic carbocycles. The van der Waals surface area contributed by atoms with Gasteiger partial charge < -0.3 is 14.7 Å². The smallest absolute Gasteiger partial charge is 0.341 e. The van der Waals surface area contributed by atoms with Crippen molar-refractivity contribution in [3.05, 3.63) is 72.4 Å². The minimum absolute atomic E-state index is 0.343. The topological polar surface area (TPSA) is 65.9 Å². The standard InChI is InChI=1S/C25H27N3O3S/c1-32-22-8-5-19(6-9-22)23-10-7-21(31-18-25(29)30)16-20(23)17-27-12-14-28(15-13-27)24-4-2-3-11-26-24/h2-11,16H,12-15,17-18H2,1H3,(H,29,30). The Morgan fingerprint density at radius 2 is 1.84 bits per heavy atom. The minimum Gasteiger partial charge on any atom is -0.482 e. The second kappa shape index (κ2) is 10.5. The number of anilines is 1. The summed E-state index contributed by atoms with van der Waals surface area (Å²) >= 11 is 1.72. The molecule has 32 heavy (non-hydrogen) atoms. The van der Waals surface area contributed by atoms with Crippen molar-refractivity contribution in [2.24, 2.45) is 0 Å². The normalized spacial score (nSPS) is 14.3. The van der Waals surface area contributed by atoms with Crippen molar-refractivity contribution in [3.8, 4) is 16.9 Å². The van der Waals surface area contributed by atoms with Crippen molar-refractivity contribution in [1.29, 1.82) is 0 Å². The van der Waals surface area contributed by atoms with Crippen LogP contribution in [0.4, 0.5) is 5.82 Å². The molecule has 0 atom stereocenters. The summed E-state index contributed by atoms with van der Waals surface area (Å²) in [4.78, 5) is 21.4. The van der Waals surface area contributed by atoms with Crippen molar-refractivity contribution >= 4 is 23.5 Å². The van der Waals surface area contributed by atoms with Gasteiger partial charge in [-0.2, -0.15) is 0 Å². The summed E-state index contributed by atoms with van der Waals surface area (Å²) in [6.45, 7) is 4.14. The van der Waals surface area contributed by atoms with Gasteiger partial charge in [0.1, 0.15) is 11.6 Å². The molecule has 4 rings (SSSR count). The predicted octanol–water partition coefficient (Wildman–Crippen LogP) is 4.26. The highest BCUT2D eigenvalue weighted by atomic mass is 32.2. The van der Waals surface area contributed by atoms with Crippen LogP contribution in [-0.4, -0.2) is 60.0 Å². The second-order valence-corrected chi connectivity index (χ2v) is 8.56. The molecule has 0 amide bonds. The summed E-state index contributed by atoms with van der Waals surface area (Å²) < 4.78 is 5.46. The number of aliphatic carboxylic acids is 1. The number of carbonyl (C=O) groups is 1. The quantitative estimate of drug-likeness (QED) is 0.516. The van der Waals surface area contributed by atoms with Crippen molar-refractivity contribution in [2.45, 2.75) is 11.4 Å². The largest absolute Gasteiger partial charge is 0.482 e. The number of carboxylic acid groups (broad SMARTS) is 1. The number of pyridine rings is 1. The zero-order chi connectivity index (χ0) is 22.3. The molecule has 1 aliphatic rings. The Morgan fingerprint density at radius 1 is 1.06 bits per heavy atom. The Kier molecular flexibility index (Phi) is 7.29. The maximum Gasteiger partial charge on any atom is 0.341 e. The van der Waals surface area contributed by atoms with Crippen LogP contribution in [0, 0.1) is 0 Å². The van der Waals surface area contributed by atoms with Crippen LogP contribution in [0.5, 0.6) is 5.75 Å². The summed E-state index contributed by atoms with van der Waals surface area (Å²) in [5, 5.41) is 8.96. The Morgan fingerprint density at radius 3 is 2.50 bits per heavy atom. The van der Waals surface area contributed by atoms with E-state index in [9.17, 15) is 4.79 Å². The highest BCUT2D eigenvalue weighted by Crippen LogP contribution is 2.30. The summed E-state index contributed by atoms with van der Waals surface area (Å²) in [5.41, 5.74) is 3.43. The molecule has 1 aliphatic heterocycles. The number of piperazine rings is 1. The van der Waals surface area contributed by atoms with E-state index < -0.39 is 5.97 Å². The van der Waals surface area contributed by atoms with Crippen LogP contribution in [0.3, 0.4) is 0 Å². The molecule has 1 fully saturated rings. The van der Waals surface area contributed by atoms with Crippen LogP contribution in [0.15, 0.2) is 71.8 Å². The molecule has 0 saturated carbocycles. The van der Waals surface area contributed by atoms with Gasteiger partial charge in [-0.05, 0) is 59.3 Å². The van der Waals surface area contributed by atoms with E-state index in [4.69, 9.17) is 9.84 Å². The average Bonchev–Trinajstić information content (AvgIpc) is 2.84. The molecular weight excluding hydrogens is 422 g/mol. The number of carboxylic acids is 1. The number of nitrogens with zero attached hydrogens (tertiary/aromatic N) is 3. The van der Waals surface area contributed by atoms with Gasteiger partial charge in [-0.3, -0.25) is 4.90 Å². The van der Waals surface area contributed by atoms with Crippen LogP contribution in [-0.2, 0) is 11.3 Å². The Labute approximate surface area is 192 Å². The zero-order valence-corrected chi connectivity index (χ0v) is 18.9. The number of thioether (sulfide) groups is 1. The third-order valence-electron chi connectivity index (χ3n) is 5.58. The van der Waals surface area contributed by atoms with Gasteiger partial charge in [0.15, 0.2) is 6.61 Å². The van der Waals surface area contributed by atoms with Gasteiger partial charge in [-0.15, -0.1) is 11.8 Å². The first kappa shape index (κ1) is 22.2. The molecule has 0 aliphatic carbocycles. The fraction of sp³-hybridized carbons (Fsp3) is 0.280. The number of benzene rings is 2. The van der Waals surface area contributed by atoms with Gasteiger partial charge in [0.05, 0.1) is 0 Å². The van der Waals surface area contributed by atoms with E-state index in [-0.39, 0.29) is 6.61 Å². The molecule has 0 unspecified atom stereocenters. The monoisotopic (exact) mass is 449 g/mol. The lowest BCUT2D eigenvalue weighted by molar-refractivity contribution is -0.139. The molecule has 1 aromatic heterocycles. The molecule has 2 heterocycles. The van der Waals surface area contributed by atoms with E-state index in [1.165, 1.54) is 4.90 Å². The van der Waals surface area contributed by atoms with E-state index in [1.54, 1.807) is 11.8 Å². The third-order valence-corrected chi connectivity index (χ3v) is 6.32. The lowest BCUT2D eigenvalue weighted by Gasteiger charge is -2.35. The summed E-state index contributed by atoms with van der Waals surface area (Å²) in [5.74, 6) is 0.624. The van der Waals surface area contributed by atoms with Crippen molar-refractivity contribution < 1.29 is 14.6 Å². The van der Waals surface area contributed by atoms with E-state index >= 15 is 0 Å². The summed E-state index contributed by atoms with van der Waals surface area (Å²) in [7, 11) is 0. The lowest BCUT2D eigenvalue weighted by Crippen LogP contribution is -2.46. The number of hydrogen-bond acceptors (Lipinski definition) is 6. The number of hydrogen-bond donors (Lipinski definition) is 1. The van der Waals surface area contributed by atoms with Crippen molar-refractivity contribution in [2.75, 3.05) is 43.9 Å². The highest BCUT2D eigenvalue weighted by molar-refractivity contribution is 7.98. The Hall–Kier alpha value is -3.03. The predicted molar refractivity (Wildman–Crippen MR) is 129 cm³/mol. The van der Waals surface area contributed by atoms with Gasteiger partial charge in [-0.25, -0.2) is 9.78 Å². The van der Waals surface area contributed by atoms with Gasteiger partial charge in [0, 0.05) is 43.8 Å². The van der Waals surface area contributed by atoms with E-state index in [2.05, 4.69) is 51.4 Å². The zero-order valence-electron chi connectivity index (χ0n) is 18.1. The first-order chi connectivity index (χ1) is 15.6. The number of ether oxygens (including phenoxy) is 1. The fourth-order valence-corrected chi connectivity index (χ4v) is 4.31. The molecule has 6 nitrogen and oxygen atoms in total. The minimum atomic E-state index is -0.978. The van der Waals surface area contributed by atoms with Crippen molar-refractivity contribution in [3.63, 3.8) is 0 Å². The molecule has 1 saturated heterocycles. The summed E-state index contributed by atoms with van der Waals surface area (Å²) in [6.07, 6.45) is 3.90. The molecule has 7 heteroatoms. The van der Waals surface area contributed by atoms with E-state index in [1.807, 2.05) is 36.5 Å². The van der Waals surface area contributed by atoms with E-state index in [0.29, 0.717) is 5.75 Å². The van der Waals surface area contributed by atoms with Gasteiger partial charge in [0.25, 0.3) is 0 Å². The van der Waals surface area contributed by atoms with Crippen molar-refractivity contribution in [1.82, 2.24) is 9.88 Å². The van der Waals surface area contributed by atoms with Crippen LogP contribution in [0.2, 0.25) is 0 Å². The van der Waals surface area contributed by atoms with Gasteiger partial charge in [0.2, 0.25) is 0 Å². The lowest BCUT2D eigenvalue weighted by atomic mass is 9.98. The molecule has 0 bridgehead atoms. The highest BCUT2D eigenvalue weighted by Gasteiger charge is 2.19.